The van der Waals surface area contributed by atoms with E-state index in [2.05, 4.69) is 23.7 Å². The van der Waals surface area contributed by atoms with Gasteiger partial charge in [0.2, 0.25) is 0 Å². The number of nitrogens with zero attached hydrogens (tertiary/aromatic N) is 2. The van der Waals surface area contributed by atoms with Crippen molar-refractivity contribution in [3.63, 3.8) is 0 Å². The number of aromatic nitrogens is 1. The summed E-state index contributed by atoms with van der Waals surface area (Å²) in [6.07, 6.45) is 2.32. The highest BCUT2D eigenvalue weighted by Gasteiger charge is 2.32. The predicted octanol–water partition coefficient (Wildman–Crippen LogP) is 3.12. The minimum Gasteiger partial charge on any atom is -0.477 e. The van der Waals surface area contributed by atoms with E-state index >= 15 is 0 Å². The van der Waals surface area contributed by atoms with E-state index in [1.54, 1.807) is 0 Å². The van der Waals surface area contributed by atoms with Gasteiger partial charge in [-0.2, -0.15) is 0 Å². The fourth-order valence-electron chi connectivity index (χ4n) is 1.71. The molecule has 1 aromatic rings. The van der Waals surface area contributed by atoms with Gasteiger partial charge in [-0.3, -0.25) is 0 Å². The lowest BCUT2D eigenvalue weighted by atomic mass is 10.2. The Bertz CT molecular complexity index is 429. The van der Waals surface area contributed by atoms with Gasteiger partial charge in [0.15, 0.2) is 15.2 Å². The quantitative estimate of drug-likeness (QED) is 0.896. The Morgan fingerprint density at radius 2 is 2.29 bits per heavy atom. The van der Waals surface area contributed by atoms with Crippen molar-refractivity contribution in [3.8, 4) is 0 Å². The molecule has 0 radical (unpaired) electrons. The van der Waals surface area contributed by atoms with Crippen molar-refractivity contribution < 1.29 is 9.90 Å². The van der Waals surface area contributed by atoms with E-state index in [1.807, 2.05) is 0 Å². The zero-order valence-corrected chi connectivity index (χ0v) is 11.4. The maximum Gasteiger partial charge on any atom is 0.349 e. The van der Waals surface area contributed by atoms with E-state index in [-0.39, 0.29) is 10.0 Å². The zero-order valence-electron chi connectivity index (χ0n) is 9.81. The molecule has 1 saturated carbocycles. The first kappa shape index (κ1) is 12.6. The van der Waals surface area contributed by atoms with Crippen molar-refractivity contribution in [2.75, 3.05) is 11.4 Å². The smallest absolute Gasteiger partial charge is 0.349 e. The van der Waals surface area contributed by atoms with Crippen molar-refractivity contribution >= 4 is 34.0 Å². The molecule has 0 spiro atoms. The van der Waals surface area contributed by atoms with E-state index in [0.29, 0.717) is 12.0 Å². The molecule has 1 aliphatic rings. The van der Waals surface area contributed by atoms with Gasteiger partial charge in [-0.25, -0.2) is 9.78 Å². The highest BCUT2D eigenvalue weighted by Crippen LogP contribution is 2.37. The van der Waals surface area contributed by atoms with Gasteiger partial charge in [0.25, 0.3) is 0 Å². The van der Waals surface area contributed by atoms with Crippen molar-refractivity contribution in [1.29, 1.82) is 0 Å². The summed E-state index contributed by atoms with van der Waals surface area (Å²) in [5, 5.41) is 9.81. The van der Waals surface area contributed by atoms with Gasteiger partial charge in [-0.05, 0) is 18.8 Å². The minimum atomic E-state index is -1.00. The van der Waals surface area contributed by atoms with Crippen LogP contribution in [-0.4, -0.2) is 28.6 Å². The van der Waals surface area contributed by atoms with Crippen LogP contribution in [-0.2, 0) is 0 Å². The topological polar surface area (TPSA) is 53.4 Å². The SMILES string of the molecule is CC(C)CN(c1nc(Cl)c(C(=O)O)s1)C1CC1. The van der Waals surface area contributed by atoms with E-state index in [4.69, 9.17) is 16.7 Å². The number of anilines is 1. The summed E-state index contributed by atoms with van der Waals surface area (Å²) in [5.74, 6) is -0.481. The number of halogens is 1. The summed E-state index contributed by atoms with van der Waals surface area (Å²) >= 11 is 7.01. The lowest BCUT2D eigenvalue weighted by Crippen LogP contribution is -2.29. The molecule has 94 valence electrons. The summed E-state index contributed by atoms with van der Waals surface area (Å²) in [6.45, 7) is 5.18. The summed E-state index contributed by atoms with van der Waals surface area (Å²) < 4.78 is 0. The number of aromatic carboxylic acids is 1. The Balaban J connectivity index is 2.23. The average Bonchev–Trinajstić information content (AvgIpc) is 2.97. The van der Waals surface area contributed by atoms with Crippen molar-refractivity contribution in [2.24, 2.45) is 5.92 Å². The first-order chi connectivity index (χ1) is 7.99. The molecule has 1 fully saturated rings. The van der Waals surface area contributed by atoms with E-state index in [0.717, 1.165) is 24.5 Å². The van der Waals surface area contributed by atoms with Crippen LogP contribution < -0.4 is 4.90 Å². The van der Waals surface area contributed by atoms with Crippen molar-refractivity contribution in [3.05, 3.63) is 10.0 Å². The fraction of sp³-hybridized carbons (Fsp3) is 0.636. The number of thiazole rings is 1. The van der Waals surface area contributed by atoms with Gasteiger partial charge < -0.3 is 10.0 Å². The zero-order chi connectivity index (χ0) is 12.6. The molecule has 0 bridgehead atoms. The molecule has 0 unspecified atom stereocenters. The predicted molar refractivity (Wildman–Crippen MR) is 69.3 cm³/mol. The maximum atomic E-state index is 10.9. The van der Waals surface area contributed by atoms with Crippen LogP contribution in [0.1, 0.15) is 36.4 Å². The van der Waals surface area contributed by atoms with Gasteiger partial charge in [0.1, 0.15) is 0 Å². The second kappa shape index (κ2) is 4.82. The molecule has 2 rings (SSSR count). The number of hydrogen-bond acceptors (Lipinski definition) is 4. The molecule has 0 aliphatic heterocycles. The summed E-state index contributed by atoms with van der Waals surface area (Å²) in [4.78, 5) is 17.4. The molecular weight excluding hydrogens is 260 g/mol. The summed E-state index contributed by atoms with van der Waals surface area (Å²) in [7, 11) is 0. The van der Waals surface area contributed by atoms with E-state index < -0.39 is 5.97 Å². The van der Waals surface area contributed by atoms with Crippen LogP contribution in [0, 0.1) is 5.92 Å². The largest absolute Gasteiger partial charge is 0.477 e. The molecule has 6 heteroatoms. The molecule has 0 saturated heterocycles. The van der Waals surface area contributed by atoms with Gasteiger partial charge in [0, 0.05) is 12.6 Å². The van der Waals surface area contributed by atoms with Crippen LogP contribution in [0.3, 0.4) is 0 Å². The van der Waals surface area contributed by atoms with Gasteiger partial charge >= 0.3 is 5.97 Å². The monoisotopic (exact) mass is 274 g/mol. The van der Waals surface area contributed by atoms with Crippen LogP contribution in [0.2, 0.25) is 5.15 Å². The number of hydrogen-bond donors (Lipinski definition) is 1. The fourth-order valence-corrected chi connectivity index (χ4v) is 2.91. The Morgan fingerprint density at radius 1 is 1.65 bits per heavy atom. The molecule has 4 nitrogen and oxygen atoms in total. The standard InChI is InChI=1S/C11H15ClN2O2S/c1-6(2)5-14(7-3-4-7)11-13-9(12)8(17-11)10(15)16/h6-7H,3-5H2,1-2H3,(H,15,16). The number of rotatable bonds is 5. The second-order valence-corrected chi connectivity index (χ2v) is 6.03. The van der Waals surface area contributed by atoms with Gasteiger partial charge in [-0.15, -0.1) is 0 Å². The number of carboxylic acids is 1. The molecule has 1 aliphatic carbocycles. The third-order valence-electron chi connectivity index (χ3n) is 2.56. The Hall–Kier alpha value is -0.810. The Kier molecular flexibility index (Phi) is 3.58. The maximum absolute atomic E-state index is 10.9. The molecular formula is C11H15ClN2O2S. The van der Waals surface area contributed by atoms with Crippen molar-refractivity contribution in [1.82, 2.24) is 4.98 Å². The van der Waals surface area contributed by atoms with E-state index in [9.17, 15) is 4.79 Å². The Morgan fingerprint density at radius 3 is 2.71 bits per heavy atom. The van der Waals surface area contributed by atoms with Crippen LogP contribution >= 0.6 is 22.9 Å². The molecule has 0 amide bonds. The third-order valence-corrected chi connectivity index (χ3v) is 4.03. The molecule has 1 heterocycles. The summed E-state index contributed by atoms with van der Waals surface area (Å²) in [5.41, 5.74) is 0. The minimum absolute atomic E-state index is 0.104. The normalized spacial score (nSPS) is 15.3. The molecule has 0 atom stereocenters. The van der Waals surface area contributed by atoms with Gasteiger partial charge in [0.05, 0.1) is 0 Å². The average molecular weight is 275 g/mol. The lowest BCUT2D eigenvalue weighted by molar-refractivity contribution is 0.0702. The highest BCUT2D eigenvalue weighted by atomic mass is 35.5. The van der Waals surface area contributed by atoms with Crippen LogP contribution in [0.25, 0.3) is 0 Å². The number of carbonyl (C=O) groups is 1. The summed E-state index contributed by atoms with van der Waals surface area (Å²) in [6, 6.07) is 0.515. The van der Waals surface area contributed by atoms with Crippen molar-refractivity contribution in [2.45, 2.75) is 32.7 Å². The van der Waals surface area contributed by atoms with Crippen LogP contribution in [0.15, 0.2) is 0 Å². The highest BCUT2D eigenvalue weighted by molar-refractivity contribution is 7.18. The van der Waals surface area contributed by atoms with E-state index in [1.165, 1.54) is 11.3 Å². The first-order valence-electron chi connectivity index (χ1n) is 5.65. The Labute approximate surface area is 109 Å². The molecule has 1 N–H and O–H groups in total. The molecule has 0 aromatic carbocycles. The lowest BCUT2D eigenvalue weighted by Gasteiger charge is -2.23. The second-order valence-electron chi connectivity index (χ2n) is 4.70. The number of carboxylic acid groups (broad SMARTS) is 1. The third kappa shape index (κ3) is 2.90. The van der Waals surface area contributed by atoms with Gasteiger partial charge in [-0.1, -0.05) is 36.8 Å². The first-order valence-corrected chi connectivity index (χ1v) is 6.84. The van der Waals surface area contributed by atoms with Crippen LogP contribution in [0.5, 0.6) is 0 Å². The molecule has 17 heavy (non-hydrogen) atoms. The van der Waals surface area contributed by atoms with Crippen LogP contribution in [0.4, 0.5) is 5.13 Å². The molecule has 1 aromatic heterocycles.